The molecule has 3 aliphatic heterocycles. The van der Waals surface area contributed by atoms with Gasteiger partial charge in [-0.2, -0.15) is 0 Å². The van der Waals surface area contributed by atoms with Gasteiger partial charge in [0, 0.05) is 53.4 Å². The van der Waals surface area contributed by atoms with Gasteiger partial charge in [0.2, 0.25) is 5.91 Å². The molecule has 2 N–H and O–H groups in total. The van der Waals surface area contributed by atoms with Crippen LogP contribution in [0, 0.1) is 5.82 Å². The molecule has 0 aliphatic carbocycles. The van der Waals surface area contributed by atoms with Gasteiger partial charge in [0.1, 0.15) is 11.9 Å². The summed E-state index contributed by atoms with van der Waals surface area (Å²) in [5.74, 6) is -0.664. The van der Waals surface area contributed by atoms with Crippen LogP contribution in [0.4, 0.5) is 4.39 Å². The normalized spacial score (nSPS) is 25.8. The van der Waals surface area contributed by atoms with Crippen LogP contribution in [-0.2, 0) is 19.1 Å². The topological polar surface area (TPSA) is 105 Å². The van der Waals surface area contributed by atoms with Crippen LogP contribution < -0.4 is 10.6 Å². The van der Waals surface area contributed by atoms with Crippen molar-refractivity contribution in [3.63, 3.8) is 0 Å². The Morgan fingerprint density at radius 3 is 2.92 bits per heavy atom. The van der Waals surface area contributed by atoms with Gasteiger partial charge in [-0.3, -0.25) is 14.7 Å². The number of methoxy groups -OCH3 is 1. The minimum Gasteiger partial charge on any atom is -0.466 e. The average molecular weight is 534 g/mol. The number of thiazole rings is 1. The van der Waals surface area contributed by atoms with E-state index in [1.807, 2.05) is 5.38 Å². The number of aliphatic imine (C=N–C) groups is 1. The van der Waals surface area contributed by atoms with Crippen LogP contribution in [0.25, 0.3) is 0 Å². The van der Waals surface area contributed by atoms with E-state index in [1.54, 1.807) is 6.20 Å². The second-order valence-electron chi connectivity index (χ2n) is 8.87. The Morgan fingerprint density at radius 1 is 1.39 bits per heavy atom. The third kappa shape index (κ3) is 4.75. The highest BCUT2D eigenvalue weighted by atomic mass is 35.5. The van der Waals surface area contributed by atoms with Crippen molar-refractivity contribution in [3.05, 3.63) is 62.5 Å². The number of hydrogen-bond acceptors (Lipinski definition) is 9. The molecule has 4 unspecified atom stereocenters. The number of amidine groups is 1. The molecule has 4 atom stereocenters. The number of aromatic nitrogens is 1. The van der Waals surface area contributed by atoms with Crippen LogP contribution in [0.2, 0.25) is 5.02 Å². The Bertz CT molecular complexity index is 1240. The number of benzene rings is 1. The summed E-state index contributed by atoms with van der Waals surface area (Å²) in [5, 5.41) is 8.97. The summed E-state index contributed by atoms with van der Waals surface area (Å²) in [6.07, 6.45) is 2.41. The first-order valence-corrected chi connectivity index (χ1v) is 12.7. The minimum atomic E-state index is -0.828. The quantitative estimate of drug-likeness (QED) is 0.549. The first-order valence-electron chi connectivity index (χ1n) is 11.5. The molecule has 1 aromatic heterocycles. The van der Waals surface area contributed by atoms with Crippen molar-refractivity contribution in [1.29, 1.82) is 0 Å². The van der Waals surface area contributed by atoms with Gasteiger partial charge in [-0.05, 0) is 18.6 Å². The van der Waals surface area contributed by atoms with Gasteiger partial charge in [-0.15, -0.1) is 11.3 Å². The molecule has 1 amide bonds. The monoisotopic (exact) mass is 533 g/mol. The van der Waals surface area contributed by atoms with Crippen molar-refractivity contribution >= 4 is 40.6 Å². The highest BCUT2D eigenvalue weighted by Crippen LogP contribution is 2.38. The zero-order valence-corrected chi connectivity index (χ0v) is 21.2. The Kier molecular flexibility index (Phi) is 7.07. The summed E-state index contributed by atoms with van der Waals surface area (Å²) in [6.45, 7) is 2.85. The first-order chi connectivity index (χ1) is 17.4. The molecule has 2 fully saturated rings. The van der Waals surface area contributed by atoms with E-state index >= 15 is 0 Å². The number of carbonyl (C=O) groups is 2. The molecule has 0 radical (unpaired) electrons. The summed E-state index contributed by atoms with van der Waals surface area (Å²) >= 11 is 7.83. The lowest BCUT2D eigenvalue weighted by Crippen LogP contribution is -2.53. The highest BCUT2D eigenvalue weighted by molar-refractivity contribution is 7.11. The van der Waals surface area contributed by atoms with Crippen LogP contribution in [0.3, 0.4) is 0 Å². The van der Waals surface area contributed by atoms with Gasteiger partial charge in [0.25, 0.3) is 0 Å². The molecule has 0 spiro atoms. The van der Waals surface area contributed by atoms with Gasteiger partial charge < -0.3 is 20.1 Å². The number of nitrogens with one attached hydrogen (secondary N) is 2. The SMILES string of the molecule is COC(=O)C1=C(CN2C3COCC2C(NC(C)=O)C3)NC(c2nccs2)=NC1c1ccc(F)cc1Cl. The van der Waals surface area contributed by atoms with E-state index in [2.05, 4.69) is 20.5 Å². The number of carbonyl (C=O) groups excluding carboxylic acids is 2. The number of morpholine rings is 1. The first kappa shape index (κ1) is 24.8. The lowest BCUT2D eigenvalue weighted by molar-refractivity contribution is -0.136. The predicted octanol–water partition coefficient (Wildman–Crippen LogP) is 2.43. The van der Waals surface area contributed by atoms with E-state index in [-0.39, 0.29) is 34.6 Å². The van der Waals surface area contributed by atoms with E-state index < -0.39 is 17.8 Å². The van der Waals surface area contributed by atoms with E-state index in [0.29, 0.717) is 41.9 Å². The number of esters is 1. The zero-order valence-electron chi connectivity index (χ0n) is 19.7. The Morgan fingerprint density at radius 2 is 2.22 bits per heavy atom. The van der Waals surface area contributed by atoms with Gasteiger partial charge in [-0.25, -0.2) is 14.2 Å². The Labute approximate surface area is 216 Å². The fourth-order valence-corrected chi connectivity index (χ4v) is 5.96. The van der Waals surface area contributed by atoms with Crippen LogP contribution in [0.1, 0.15) is 30.0 Å². The summed E-state index contributed by atoms with van der Waals surface area (Å²) < 4.78 is 24.8. The fraction of sp³-hybridized carbons (Fsp3) is 0.417. The largest absolute Gasteiger partial charge is 0.466 e. The number of halogens is 2. The summed E-state index contributed by atoms with van der Waals surface area (Å²) in [4.78, 5) is 36.3. The van der Waals surface area contributed by atoms with Crippen molar-refractivity contribution in [2.75, 3.05) is 26.9 Å². The van der Waals surface area contributed by atoms with E-state index in [1.165, 1.54) is 43.6 Å². The predicted molar refractivity (Wildman–Crippen MR) is 132 cm³/mol. The molecule has 2 saturated heterocycles. The number of hydrogen-bond donors (Lipinski definition) is 2. The summed E-state index contributed by atoms with van der Waals surface area (Å²) in [6, 6.07) is 3.13. The number of ether oxygens (including phenoxy) is 2. The Hall–Kier alpha value is -2.86. The standard InChI is InChI=1S/C24H25ClFN5O4S/c1-12(32)28-17-8-14-10-35-11-19(17)31(14)9-18-20(24(33)34-2)21(15-4-3-13(26)7-16(15)25)30-22(29-18)23-27-5-6-36-23/h3-7,14,17,19,21H,8-11H2,1-2H3,(H,28,32)(H,29,30). The van der Waals surface area contributed by atoms with Crippen LogP contribution in [-0.4, -0.2) is 72.6 Å². The van der Waals surface area contributed by atoms with E-state index in [4.69, 9.17) is 26.1 Å². The number of amides is 1. The molecule has 5 rings (SSSR count). The highest BCUT2D eigenvalue weighted by Gasteiger charge is 2.46. The van der Waals surface area contributed by atoms with E-state index in [9.17, 15) is 14.0 Å². The maximum absolute atomic E-state index is 13.8. The van der Waals surface area contributed by atoms with E-state index in [0.717, 1.165) is 6.42 Å². The molecule has 36 heavy (non-hydrogen) atoms. The lowest BCUT2D eigenvalue weighted by atomic mass is 9.95. The summed E-state index contributed by atoms with van der Waals surface area (Å²) in [7, 11) is 1.31. The van der Waals surface area contributed by atoms with Crippen molar-refractivity contribution in [2.24, 2.45) is 4.99 Å². The fourth-order valence-electron chi connectivity index (χ4n) is 5.10. The molecular weight excluding hydrogens is 509 g/mol. The van der Waals surface area contributed by atoms with Gasteiger partial charge >= 0.3 is 5.97 Å². The maximum atomic E-state index is 13.8. The van der Waals surface area contributed by atoms with Crippen molar-refractivity contribution in [3.8, 4) is 0 Å². The molecule has 3 aliphatic rings. The number of fused-ring (bicyclic) bond motifs is 2. The number of rotatable bonds is 6. The molecule has 9 nitrogen and oxygen atoms in total. The van der Waals surface area contributed by atoms with Crippen molar-refractivity contribution in [1.82, 2.24) is 20.5 Å². The minimum absolute atomic E-state index is 0.0591. The second-order valence-corrected chi connectivity index (χ2v) is 10.2. The smallest absolute Gasteiger partial charge is 0.338 e. The third-order valence-corrected chi connectivity index (χ3v) is 7.74. The molecule has 2 bridgehead atoms. The Balaban J connectivity index is 1.58. The summed E-state index contributed by atoms with van der Waals surface area (Å²) in [5.41, 5.74) is 1.36. The van der Waals surface area contributed by atoms with Crippen molar-refractivity contribution in [2.45, 2.75) is 37.5 Å². The molecule has 1 aromatic carbocycles. The van der Waals surface area contributed by atoms with Gasteiger partial charge in [0.15, 0.2) is 10.8 Å². The molecule has 4 heterocycles. The maximum Gasteiger partial charge on any atom is 0.338 e. The van der Waals surface area contributed by atoms with Crippen LogP contribution in [0.15, 0.2) is 46.0 Å². The van der Waals surface area contributed by atoms with Gasteiger partial charge in [-0.1, -0.05) is 17.7 Å². The lowest BCUT2D eigenvalue weighted by Gasteiger charge is -2.37. The average Bonchev–Trinajstić information content (AvgIpc) is 3.43. The molecule has 2 aromatic rings. The zero-order chi connectivity index (χ0) is 25.4. The molecule has 12 heteroatoms. The third-order valence-electron chi connectivity index (χ3n) is 6.64. The van der Waals surface area contributed by atoms with Crippen molar-refractivity contribution < 1.29 is 23.5 Å². The number of nitrogens with zero attached hydrogens (tertiary/aromatic N) is 3. The van der Waals surface area contributed by atoms with Crippen LogP contribution >= 0.6 is 22.9 Å². The molecule has 0 saturated carbocycles. The van der Waals surface area contributed by atoms with Crippen LogP contribution in [0.5, 0.6) is 0 Å². The van der Waals surface area contributed by atoms with Gasteiger partial charge in [0.05, 0.1) is 31.9 Å². The molecule has 190 valence electrons. The second kappa shape index (κ2) is 10.3. The molecular formula is C24H25ClFN5O4S.